The van der Waals surface area contributed by atoms with E-state index in [0.717, 1.165) is 10.3 Å². The molecule has 1 aliphatic carbocycles. The summed E-state index contributed by atoms with van der Waals surface area (Å²) < 4.78 is 0.817. The number of rotatable bonds is 3. The maximum absolute atomic E-state index is 5.32. The third-order valence-corrected chi connectivity index (χ3v) is 3.07. The summed E-state index contributed by atoms with van der Waals surface area (Å²) in [6, 6.07) is 0.617. The zero-order chi connectivity index (χ0) is 10.1. The predicted molar refractivity (Wildman–Crippen MR) is 59.0 cm³/mol. The van der Waals surface area contributed by atoms with Crippen LogP contribution in [-0.2, 0) is 0 Å². The van der Waals surface area contributed by atoms with Crippen molar-refractivity contribution in [2.45, 2.75) is 18.9 Å². The largest absolute Gasteiger partial charge is 0.356 e. The van der Waals surface area contributed by atoms with E-state index >= 15 is 0 Å². The highest BCUT2D eigenvalue weighted by Gasteiger charge is 2.28. The maximum atomic E-state index is 5.32. The minimum Gasteiger partial charge on any atom is -0.356 e. The van der Waals surface area contributed by atoms with Crippen LogP contribution in [-0.4, -0.2) is 23.1 Å². The summed E-state index contributed by atoms with van der Waals surface area (Å²) in [5, 5.41) is 0. The molecular weight excluding hydrogens is 246 g/mol. The van der Waals surface area contributed by atoms with Crippen molar-refractivity contribution in [1.82, 2.24) is 9.97 Å². The van der Waals surface area contributed by atoms with Gasteiger partial charge < -0.3 is 10.3 Å². The van der Waals surface area contributed by atoms with E-state index in [1.807, 2.05) is 7.05 Å². The number of nitrogens with zero attached hydrogens (tertiary/aromatic N) is 3. The number of nitrogens with one attached hydrogen (secondary N) is 1. The second-order valence-corrected chi connectivity index (χ2v) is 4.14. The first-order valence-electron chi connectivity index (χ1n) is 4.44. The average molecular weight is 258 g/mol. The van der Waals surface area contributed by atoms with Crippen LogP contribution in [0.1, 0.15) is 12.8 Å². The van der Waals surface area contributed by atoms with Gasteiger partial charge in [0.15, 0.2) is 5.82 Å². The number of nitrogen functional groups attached to an aromatic ring is 1. The highest BCUT2D eigenvalue weighted by Crippen LogP contribution is 2.35. The number of hydrazine groups is 1. The van der Waals surface area contributed by atoms with E-state index in [1.165, 1.54) is 19.2 Å². The summed E-state index contributed by atoms with van der Waals surface area (Å²) in [6.45, 7) is 0. The monoisotopic (exact) mass is 257 g/mol. The molecule has 0 bridgehead atoms. The molecule has 3 N–H and O–H groups in total. The van der Waals surface area contributed by atoms with Gasteiger partial charge in [0.2, 0.25) is 0 Å². The van der Waals surface area contributed by atoms with Crippen molar-refractivity contribution in [3.63, 3.8) is 0 Å². The van der Waals surface area contributed by atoms with E-state index in [9.17, 15) is 0 Å². The highest BCUT2D eigenvalue weighted by atomic mass is 79.9. The molecule has 0 aromatic carbocycles. The Labute approximate surface area is 90.8 Å². The van der Waals surface area contributed by atoms with Gasteiger partial charge in [-0.15, -0.1) is 0 Å². The third kappa shape index (κ3) is 1.67. The molecule has 0 unspecified atom stereocenters. The van der Waals surface area contributed by atoms with Crippen molar-refractivity contribution in [2.24, 2.45) is 5.84 Å². The first-order chi connectivity index (χ1) is 6.74. The van der Waals surface area contributed by atoms with Crippen LogP contribution in [0.4, 0.5) is 11.6 Å². The van der Waals surface area contributed by atoms with E-state index in [2.05, 4.69) is 36.2 Å². The number of aromatic nitrogens is 2. The predicted octanol–water partition coefficient (Wildman–Crippen LogP) is 1.12. The Hall–Kier alpha value is -0.880. The summed E-state index contributed by atoms with van der Waals surface area (Å²) in [5.41, 5.74) is 2.53. The number of hydrogen-bond donors (Lipinski definition) is 2. The van der Waals surface area contributed by atoms with Gasteiger partial charge in [0.05, 0.1) is 0 Å². The first-order valence-corrected chi connectivity index (χ1v) is 5.23. The number of hydrogen-bond acceptors (Lipinski definition) is 5. The Morgan fingerprint density at radius 3 is 2.86 bits per heavy atom. The van der Waals surface area contributed by atoms with Crippen LogP contribution >= 0.6 is 15.9 Å². The van der Waals surface area contributed by atoms with Gasteiger partial charge in [-0.05, 0) is 28.8 Å². The molecule has 0 aliphatic heterocycles. The molecule has 14 heavy (non-hydrogen) atoms. The van der Waals surface area contributed by atoms with Gasteiger partial charge in [0.1, 0.15) is 16.6 Å². The normalized spacial score (nSPS) is 15.4. The molecule has 1 aromatic heterocycles. The van der Waals surface area contributed by atoms with Crippen molar-refractivity contribution in [1.29, 1.82) is 0 Å². The van der Waals surface area contributed by atoms with Crippen LogP contribution in [0.15, 0.2) is 10.8 Å². The fourth-order valence-electron chi connectivity index (χ4n) is 1.34. The minimum absolute atomic E-state index is 0.613. The SMILES string of the molecule is CN(c1ncnc(NN)c1Br)C1CC1. The van der Waals surface area contributed by atoms with E-state index < -0.39 is 0 Å². The summed E-state index contributed by atoms with van der Waals surface area (Å²) in [6.07, 6.45) is 3.98. The zero-order valence-corrected chi connectivity index (χ0v) is 9.45. The van der Waals surface area contributed by atoms with Gasteiger partial charge in [0, 0.05) is 13.1 Å². The smallest absolute Gasteiger partial charge is 0.159 e. The van der Waals surface area contributed by atoms with E-state index in [1.54, 1.807) is 0 Å². The fraction of sp³-hybridized carbons (Fsp3) is 0.500. The molecule has 1 aromatic rings. The minimum atomic E-state index is 0.613. The Balaban J connectivity index is 2.31. The van der Waals surface area contributed by atoms with Gasteiger partial charge >= 0.3 is 0 Å². The fourth-order valence-corrected chi connectivity index (χ4v) is 1.94. The van der Waals surface area contributed by atoms with Crippen LogP contribution in [0, 0.1) is 0 Å². The van der Waals surface area contributed by atoms with Crippen molar-refractivity contribution in [2.75, 3.05) is 17.4 Å². The molecule has 1 heterocycles. The Morgan fingerprint density at radius 1 is 1.57 bits per heavy atom. The summed E-state index contributed by atoms with van der Waals surface area (Å²) in [7, 11) is 2.03. The van der Waals surface area contributed by atoms with Gasteiger partial charge in [-0.1, -0.05) is 0 Å². The van der Waals surface area contributed by atoms with Crippen molar-refractivity contribution in [3.8, 4) is 0 Å². The molecular formula is C8H12BrN5. The van der Waals surface area contributed by atoms with Crippen molar-refractivity contribution >= 4 is 27.6 Å². The number of halogens is 1. The Bertz CT molecular complexity index is 339. The molecule has 76 valence electrons. The van der Waals surface area contributed by atoms with E-state index in [-0.39, 0.29) is 0 Å². The molecule has 0 amide bonds. The Kier molecular flexibility index (Phi) is 2.56. The Morgan fingerprint density at radius 2 is 2.29 bits per heavy atom. The lowest BCUT2D eigenvalue weighted by Crippen LogP contribution is -2.22. The van der Waals surface area contributed by atoms with Crippen LogP contribution in [0.2, 0.25) is 0 Å². The third-order valence-electron chi connectivity index (χ3n) is 2.34. The topological polar surface area (TPSA) is 67.1 Å². The highest BCUT2D eigenvalue weighted by molar-refractivity contribution is 9.10. The van der Waals surface area contributed by atoms with Gasteiger partial charge in [-0.25, -0.2) is 15.8 Å². The quantitative estimate of drug-likeness (QED) is 0.628. The van der Waals surface area contributed by atoms with Crippen molar-refractivity contribution < 1.29 is 0 Å². The lowest BCUT2D eigenvalue weighted by atomic mass is 10.4. The van der Waals surface area contributed by atoms with Gasteiger partial charge in [0.25, 0.3) is 0 Å². The molecule has 0 radical (unpaired) electrons. The molecule has 2 rings (SSSR count). The summed E-state index contributed by atoms with van der Waals surface area (Å²) >= 11 is 3.43. The van der Waals surface area contributed by atoms with Crippen LogP contribution < -0.4 is 16.2 Å². The lowest BCUT2D eigenvalue weighted by Gasteiger charge is -2.19. The molecule has 0 saturated heterocycles. The lowest BCUT2D eigenvalue weighted by molar-refractivity contribution is 0.880. The van der Waals surface area contributed by atoms with Crippen LogP contribution in [0.5, 0.6) is 0 Å². The standard InChI is InChI=1S/C8H12BrN5/c1-14(5-2-3-5)8-6(9)7(13-10)11-4-12-8/h4-5H,2-3,10H2,1H3,(H,11,12,13). The molecule has 1 aliphatic rings. The molecule has 1 saturated carbocycles. The summed E-state index contributed by atoms with van der Waals surface area (Å²) in [5.74, 6) is 6.82. The van der Waals surface area contributed by atoms with Gasteiger partial charge in [-0.3, -0.25) is 0 Å². The van der Waals surface area contributed by atoms with Crippen molar-refractivity contribution in [3.05, 3.63) is 10.8 Å². The van der Waals surface area contributed by atoms with E-state index in [0.29, 0.717) is 11.9 Å². The molecule has 6 heteroatoms. The average Bonchev–Trinajstić information content (AvgIpc) is 3.00. The summed E-state index contributed by atoms with van der Waals surface area (Å²) in [4.78, 5) is 10.4. The van der Waals surface area contributed by atoms with Gasteiger partial charge in [-0.2, -0.15) is 0 Å². The molecule has 1 fully saturated rings. The number of nitrogens with two attached hydrogens (primary N) is 1. The number of anilines is 2. The van der Waals surface area contributed by atoms with Crippen LogP contribution in [0.25, 0.3) is 0 Å². The van der Waals surface area contributed by atoms with Crippen LogP contribution in [0.3, 0.4) is 0 Å². The molecule has 0 spiro atoms. The second kappa shape index (κ2) is 3.70. The molecule has 5 nitrogen and oxygen atoms in total. The second-order valence-electron chi connectivity index (χ2n) is 3.35. The molecule has 0 atom stereocenters. The first kappa shape index (κ1) is 9.67. The van der Waals surface area contributed by atoms with E-state index in [4.69, 9.17) is 5.84 Å². The zero-order valence-electron chi connectivity index (χ0n) is 7.87. The maximum Gasteiger partial charge on any atom is 0.159 e.